The molecule has 0 unspecified atom stereocenters. The van der Waals surface area contributed by atoms with Crippen LogP contribution in [0.3, 0.4) is 0 Å². The Morgan fingerprint density at radius 1 is 1.40 bits per heavy atom. The largest absolute Gasteiger partial charge is 0.445 e. The summed E-state index contributed by atoms with van der Waals surface area (Å²) < 4.78 is 4.89. The maximum atomic E-state index is 11.1. The number of rotatable bonds is 3. The van der Waals surface area contributed by atoms with Crippen molar-refractivity contribution in [2.75, 3.05) is 0 Å². The summed E-state index contributed by atoms with van der Waals surface area (Å²) in [4.78, 5) is 11.1. The molecule has 1 rings (SSSR count). The van der Waals surface area contributed by atoms with Crippen molar-refractivity contribution in [3.05, 3.63) is 35.9 Å². The number of hydrogen-bond donors (Lipinski definition) is 2. The molecule has 0 spiro atoms. The van der Waals surface area contributed by atoms with Crippen LogP contribution in [0.25, 0.3) is 0 Å². The normalized spacial score (nSPS) is 10.9. The molecule has 0 aliphatic rings. The zero-order chi connectivity index (χ0) is 11.3. The molecule has 0 bridgehead atoms. The molecule has 0 aliphatic heterocycles. The predicted molar refractivity (Wildman–Crippen MR) is 56.1 cm³/mol. The van der Waals surface area contributed by atoms with Crippen LogP contribution in [0.2, 0.25) is 0 Å². The van der Waals surface area contributed by atoms with Gasteiger partial charge >= 0.3 is 6.09 Å². The Bertz CT molecular complexity index is 316. The van der Waals surface area contributed by atoms with E-state index in [0.29, 0.717) is 0 Å². The smallest absolute Gasteiger partial charge is 0.409 e. The quantitative estimate of drug-likeness (QED) is 0.744. The van der Waals surface area contributed by atoms with E-state index in [2.05, 4.69) is 5.32 Å². The van der Waals surface area contributed by atoms with Crippen LogP contribution >= 0.6 is 0 Å². The Kier molecular flexibility index (Phi) is 3.68. The molecule has 0 aliphatic carbocycles. The van der Waals surface area contributed by atoms with Crippen molar-refractivity contribution >= 4 is 6.09 Å². The van der Waals surface area contributed by atoms with Gasteiger partial charge in [0, 0.05) is 0 Å². The van der Waals surface area contributed by atoms with Crippen LogP contribution < -0.4 is 5.32 Å². The van der Waals surface area contributed by atoms with Crippen LogP contribution in [-0.2, 0) is 11.3 Å². The number of benzene rings is 1. The first-order valence-electron chi connectivity index (χ1n) is 4.68. The van der Waals surface area contributed by atoms with Crippen LogP contribution in [0, 0.1) is 0 Å². The van der Waals surface area contributed by atoms with E-state index in [-0.39, 0.29) is 6.61 Å². The summed E-state index contributed by atoms with van der Waals surface area (Å²) in [5.41, 5.74) is -0.350. The molecule has 0 saturated heterocycles. The third kappa shape index (κ3) is 5.02. The molecule has 1 amide bonds. The second-order valence-electron chi connectivity index (χ2n) is 3.75. The summed E-state index contributed by atoms with van der Waals surface area (Å²) >= 11 is 0. The first kappa shape index (κ1) is 11.5. The lowest BCUT2D eigenvalue weighted by atomic mass is 10.2. The Morgan fingerprint density at radius 3 is 2.53 bits per heavy atom. The Balaban J connectivity index is 2.35. The molecule has 1 aromatic rings. The van der Waals surface area contributed by atoms with E-state index in [1.54, 1.807) is 0 Å². The van der Waals surface area contributed by atoms with Crippen molar-refractivity contribution < 1.29 is 14.6 Å². The molecular weight excluding hydrogens is 194 g/mol. The fraction of sp³-hybridized carbons (Fsp3) is 0.364. The number of aliphatic hydroxyl groups is 1. The standard InChI is InChI=1S/C11H15NO3/c1-11(2,14)12-10(13)15-8-9-6-4-3-5-7-9/h3-7,14H,8H2,1-2H3,(H,12,13). The lowest BCUT2D eigenvalue weighted by Crippen LogP contribution is -2.43. The average molecular weight is 209 g/mol. The van der Waals surface area contributed by atoms with E-state index in [0.717, 1.165) is 5.56 Å². The Hall–Kier alpha value is -1.55. The van der Waals surface area contributed by atoms with Crippen LogP contribution in [0.5, 0.6) is 0 Å². The maximum Gasteiger partial charge on any atom is 0.409 e. The highest BCUT2D eigenvalue weighted by Gasteiger charge is 2.16. The van der Waals surface area contributed by atoms with Gasteiger partial charge < -0.3 is 9.84 Å². The maximum absolute atomic E-state index is 11.1. The summed E-state index contributed by atoms with van der Waals surface area (Å²) in [6.07, 6.45) is -0.633. The van der Waals surface area contributed by atoms with Gasteiger partial charge in [-0.05, 0) is 19.4 Å². The second kappa shape index (κ2) is 4.79. The van der Waals surface area contributed by atoms with Gasteiger partial charge in [0.2, 0.25) is 0 Å². The minimum absolute atomic E-state index is 0.197. The molecule has 4 nitrogen and oxygen atoms in total. The predicted octanol–water partition coefficient (Wildman–Crippen LogP) is 1.64. The fourth-order valence-corrected chi connectivity index (χ4v) is 1.01. The van der Waals surface area contributed by atoms with E-state index in [1.165, 1.54) is 13.8 Å². The average Bonchev–Trinajstić information content (AvgIpc) is 2.14. The van der Waals surface area contributed by atoms with Gasteiger partial charge in [0.1, 0.15) is 12.3 Å². The molecule has 0 aromatic heterocycles. The third-order valence-corrected chi connectivity index (χ3v) is 1.62. The van der Waals surface area contributed by atoms with Crippen LogP contribution in [0.4, 0.5) is 4.79 Å². The second-order valence-corrected chi connectivity index (χ2v) is 3.75. The summed E-state index contributed by atoms with van der Waals surface area (Å²) in [6, 6.07) is 9.34. The molecule has 0 radical (unpaired) electrons. The van der Waals surface area contributed by atoms with Crippen LogP contribution in [-0.4, -0.2) is 16.9 Å². The van der Waals surface area contributed by atoms with Gasteiger partial charge in [0.25, 0.3) is 0 Å². The van der Waals surface area contributed by atoms with Gasteiger partial charge in [-0.3, -0.25) is 5.32 Å². The van der Waals surface area contributed by atoms with E-state index < -0.39 is 11.8 Å². The van der Waals surface area contributed by atoms with Gasteiger partial charge in [-0.2, -0.15) is 0 Å². The van der Waals surface area contributed by atoms with Gasteiger partial charge in [0.05, 0.1) is 0 Å². The van der Waals surface area contributed by atoms with Crippen molar-refractivity contribution in [3.63, 3.8) is 0 Å². The molecule has 0 fully saturated rings. The number of hydrogen-bond acceptors (Lipinski definition) is 3. The SMILES string of the molecule is CC(C)(O)NC(=O)OCc1ccccc1. The molecular formula is C11H15NO3. The summed E-state index contributed by atoms with van der Waals surface area (Å²) in [7, 11) is 0. The van der Waals surface area contributed by atoms with E-state index in [1.807, 2.05) is 30.3 Å². The van der Waals surface area contributed by atoms with Crippen LogP contribution in [0.1, 0.15) is 19.4 Å². The Labute approximate surface area is 88.9 Å². The fourth-order valence-electron chi connectivity index (χ4n) is 1.01. The molecule has 2 N–H and O–H groups in total. The lowest BCUT2D eigenvalue weighted by Gasteiger charge is -2.18. The topological polar surface area (TPSA) is 58.6 Å². The van der Waals surface area contributed by atoms with Crippen molar-refractivity contribution in [2.45, 2.75) is 26.2 Å². The number of nitrogens with one attached hydrogen (secondary N) is 1. The lowest BCUT2D eigenvalue weighted by molar-refractivity contribution is 0.0346. The zero-order valence-corrected chi connectivity index (χ0v) is 8.86. The number of amides is 1. The van der Waals surface area contributed by atoms with Crippen molar-refractivity contribution in [2.24, 2.45) is 0 Å². The number of alkyl carbamates (subject to hydrolysis) is 1. The first-order chi connectivity index (χ1) is 6.97. The summed E-state index contributed by atoms with van der Waals surface area (Å²) in [5, 5.41) is 11.6. The third-order valence-electron chi connectivity index (χ3n) is 1.62. The highest BCUT2D eigenvalue weighted by Crippen LogP contribution is 2.02. The van der Waals surface area contributed by atoms with Crippen molar-refractivity contribution in [3.8, 4) is 0 Å². The van der Waals surface area contributed by atoms with Gasteiger partial charge in [0.15, 0.2) is 0 Å². The Morgan fingerprint density at radius 2 is 2.00 bits per heavy atom. The van der Waals surface area contributed by atoms with E-state index in [9.17, 15) is 9.90 Å². The molecule has 82 valence electrons. The van der Waals surface area contributed by atoms with Gasteiger partial charge in [-0.1, -0.05) is 30.3 Å². The number of carbonyl (C=O) groups excluding carboxylic acids is 1. The number of carbonyl (C=O) groups is 1. The highest BCUT2D eigenvalue weighted by molar-refractivity contribution is 5.67. The van der Waals surface area contributed by atoms with Gasteiger partial charge in [-0.25, -0.2) is 4.79 Å². The highest BCUT2D eigenvalue weighted by atomic mass is 16.6. The summed E-state index contributed by atoms with van der Waals surface area (Å²) in [6.45, 7) is 3.14. The summed E-state index contributed by atoms with van der Waals surface area (Å²) in [5.74, 6) is 0. The molecule has 4 heteroatoms. The van der Waals surface area contributed by atoms with Crippen molar-refractivity contribution in [1.82, 2.24) is 5.32 Å². The first-order valence-corrected chi connectivity index (χ1v) is 4.68. The van der Waals surface area contributed by atoms with E-state index >= 15 is 0 Å². The van der Waals surface area contributed by atoms with Gasteiger partial charge in [-0.15, -0.1) is 0 Å². The molecule has 1 aromatic carbocycles. The minimum atomic E-state index is -1.26. The van der Waals surface area contributed by atoms with Crippen LogP contribution in [0.15, 0.2) is 30.3 Å². The number of ether oxygens (including phenoxy) is 1. The molecule has 15 heavy (non-hydrogen) atoms. The van der Waals surface area contributed by atoms with Crippen molar-refractivity contribution in [1.29, 1.82) is 0 Å². The molecule has 0 atom stereocenters. The van der Waals surface area contributed by atoms with E-state index in [4.69, 9.17) is 4.74 Å². The monoisotopic (exact) mass is 209 g/mol. The minimum Gasteiger partial charge on any atom is -0.445 e. The zero-order valence-electron chi connectivity index (χ0n) is 8.86. The molecule has 0 heterocycles. The molecule has 0 saturated carbocycles.